The van der Waals surface area contributed by atoms with Gasteiger partial charge in [0, 0.05) is 11.3 Å². The fourth-order valence-corrected chi connectivity index (χ4v) is 3.54. The number of hydrogen-bond acceptors (Lipinski definition) is 5. The molecule has 1 N–H and O–H groups in total. The maximum atomic E-state index is 13.0. The molecule has 0 aromatic heterocycles. The second-order valence-corrected chi connectivity index (χ2v) is 7.93. The molecule has 0 saturated carbocycles. The molecule has 1 amide bonds. The average Bonchev–Trinajstić information content (AvgIpc) is 2.86. The number of benzene rings is 3. The number of carbonyl (C=O) groups excluding carboxylic acids is 1. The van der Waals surface area contributed by atoms with Gasteiger partial charge in [0.2, 0.25) is 0 Å². The Morgan fingerprint density at radius 2 is 1.84 bits per heavy atom. The maximum absolute atomic E-state index is 13.0. The quantitative estimate of drug-likeness (QED) is 0.259. The number of nitrogens with zero attached hydrogens (tertiary/aromatic N) is 2. The largest absolute Gasteiger partial charge is 0.490 e. The van der Waals surface area contributed by atoms with Crippen LogP contribution in [-0.4, -0.2) is 12.5 Å². The summed E-state index contributed by atoms with van der Waals surface area (Å²) in [4.78, 5) is 12.6. The fraction of sp³-hybridized carbons (Fsp3) is 0.148. The van der Waals surface area contributed by atoms with Crippen LogP contribution in [0.2, 0.25) is 5.02 Å². The van der Waals surface area contributed by atoms with Crippen LogP contribution in [0.5, 0.6) is 11.5 Å². The number of rotatable bonds is 8. The third-order valence-electron chi connectivity index (χ3n) is 4.97. The summed E-state index contributed by atoms with van der Waals surface area (Å²) in [6.07, 6.45) is -3.35. The monoisotopic (exact) mass is 525 g/mol. The molecule has 0 radical (unpaired) electrons. The normalized spacial score (nSPS) is 11.3. The van der Waals surface area contributed by atoms with E-state index in [1.807, 2.05) is 0 Å². The van der Waals surface area contributed by atoms with Crippen molar-refractivity contribution in [3.05, 3.63) is 93.5 Å². The van der Waals surface area contributed by atoms with Crippen molar-refractivity contribution in [3.63, 3.8) is 0 Å². The first-order valence-corrected chi connectivity index (χ1v) is 11.2. The van der Waals surface area contributed by atoms with E-state index < -0.39 is 17.6 Å². The molecule has 0 saturated heterocycles. The molecule has 3 rings (SSSR count). The molecule has 0 atom stereocenters. The van der Waals surface area contributed by atoms with Crippen molar-refractivity contribution < 1.29 is 27.4 Å². The molecule has 6 nitrogen and oxygen atoms in total. The number of alkyl halides is 3. The van der Waals surface area contributed by atoms with Gasteiger partial charge in [-0.2, -0.15) is 23.7 Å². The van der Waals surface area contributed by atoms with Gasteiger partial charge in [0.25, 0.3) is 5.91 Å². The van der Waals surface area contributed by atoms with Crippen LogP contribution in [-0.2, 0) is 17.6 Å². The van der Waals surface area contributed by atoms with Crippen LogP contribution in [0.3, 0.4) is 0 Å². The first-order valence-electron chi connectivity index (χ1n) is 10.8. The van der Waals surface area contributed by atoms with E-state index in [1.165, 1.54) is 24.3 Å². The van der Waals surface area contributed by atoms with Gasteiger partial charge < -0.3 is 14.8 Å². The van der Waals surface area contributed by atoms with E-state index >= 15 is 0 Å². The molecule has 188 valence electrons. The first-order chi connectivity index (χ1) is 17.7. The molecule has 3 aromatic rings. The number of amides is 1. The number of ether oxygens (including phenoxy) is 2. The van der Waals surface area contributed by atoms with Gasteiger partial charge in [0.1, 0.15) is 18.2 Å². The Kier molecular flexibility index (Phi) is 8.78. The van der Waals surface area contributed by atoms with Gasteiger partial charge in [-0.15, -0.1) is 0 Å². The molecule has 0 bridgehead atoms. The summed E-state index contributed by atoms with van der Waals surface area (Å²) in [7, 11) is 0. The standard InChI is InChI=1S/C27H19ClF3N3O3/c1-2-36-24-12-17(11-23(28)25(24)37-16-19-7-4-3-6-18(19)14-32)10-20(15-33)26(35)34-22-9-5-8-21(13-22)27(29,30)31/h3-13H,2,16H2,1H3,(H,34,35)/b20-10-. The first kappa shape index (κ1) is 27.1. The zero-order valence-corrected chi connectivity index (χ0v) is 20.2. The Hall–Kier alpha value is -4.47. The van der Waals surface area contributed by atoms with Crippen LogP contribution in [0.15, 0.2) is 66.2 Å². The Balaban J connectivity index is 1.86. The van der Waals surface area contributed by atoms with Crippen molar-refractivity contribution in [1.29, 1.82) is 10.5 Å². The van der Waals surface area contributed by atoms with Gasteiger partial charge in [-0.3, -0.25) is 4.79 Å². The fourth-order valence-electron chi connectivity index (χ4n) is 3.27. The number of halogens is 4. The van der Waals surface area contributed by atoms with Crippen LogP contribution in [0.25, 0.3) is 6.08 Å². The lowest BCUT2D eigenvalue weighted by molar-refractivity contribution is -0.137. The van der Waals surface area contributed by atoms with Gasteiger partial charge in [-0.1, -0.05) is 35.9 Å². The third-order valence-corrected chi connectivity index (χ3v) is 5.25. The topological polar surface area (TPSA) is 95.1 Å². The molecule has 0 spiro atoms. The summed E-state index contributed by atoms with van der Waals surface area (Å²) >= 11 is 6.42. The Morgan fingerprint density at radius 1 is 1.08 bits per heavy atom. The second-order valence-electron chi connectivity index (χ2n) is 7.52. The average molecular weight is 526 g/mol. The van der Waals surface area contributed by atoms with Crippen molar-refractivity contribution >= 4 is 29.3 Å². The summed E-state index contributed by atoms with van der Waals surface area (Å²) in [6, 6.07) is 17.8. The molecule has 0 aliphatic heterocycles. The minimum atomic E-state index is -4.58. The highest BCUT2D eigenvalue weighted by molar-refractivity contribution is 6.32. The minimum absolute atomic E-state index is 0.0432. The zero-order valence-electron chi connectivity index (χ0n) is 19.4. The summed E-state index contributed by atoms with van der Waals surface area (Å²) in [5.41, 5.74) is -0.00192. The molecule has 10 heteroatoms. The van der Waals surface area contributed by atoms with Gasteiger partial charge in [0.05, 0.1) is 28.8 Å². The van der Waals surface area contributed by atoms with E-state index in [4.69, 9.17) is 21.1 Å². The molecule has 0 fully saturated rings. The van der Waals surface area contributed by atoms with Crippen molar-refractivity contribution in [1.82, 2.24) is 0 Å². The van der Waals surface area contributed by atoms with Crippen molar-refractivity contribution in [2.45, 2.75) is 19.7 Å². The van der Waals surface area contributed by atoms with Crippen LogP contribution in [0.4, 0.5) is 18.9 Å². The van der Waals surface area contributed by atoms with E-state index in [1.54, 1.807) is 37.3 Å². The predicted octanol–water partition coefficient (Wildman–Crippen LogP) is 6.75. The van der Waals surface area contributed by atoms with Crippen LogP contribution in [0.1, 0.15) is 29.2 Å². The lowest BCUT2D eigenvalue weighted by Gasteiger charge is -2.15. The summed E-state index contributed by atoms with van der Waals surface area (Å²) < 4.78 is 50.3. The number of hydrogen-bond donors (Lipinski definition) is 1. The van der Waals surface area contributed by atoms with Gasteiger partial charge in [0.15, 0.2) is 11.5 Å². The van der Waals surface area contributed by atoms with Gasteiger partial charge in [-0.05, 0) is 55.0 Å². The van der Waals surface area contributed by atoms with E-state index in [2.05, 4.69) is 11.4 Å². The van der Waals surface area contributed by atoms with Crippen LogP contribution >= 0.6 is 11.6 Å². The Bertz CT molecular complexity index is 1420. The Morgan fingerprint density at radius 3 is 2.51 bits per heavy atom. The highest BCUT2D eigenvalue weighted by Crippen LogP contribution is 2.38. The van der Waals surface area contributed by atoms with Gasteiger partial charge in [-0.25, -0.2) is 0 Å². The lowest BCUT2D eigenvalue weighted by atomic mass is 10.1. The highest BCUT2D eigenvalue weighted by Gasteiger charge is 2.30. The number of nitriles is 2. The second kappa shape index (κ2) is 12.0. The molecular weight excluding hydrogens is 507 g/mol. The number of anilines is 1. The Labute approximate surface area is 216 Å². The van der Waals surface area contributed by atoms with E-state index in [0.29, 0.717) is 16.7 Å². The molecule has 0 aliphatic carbocycles. The molecule has 37 heavy (non-hydrogen) atoms. The van der Waals surface area contributed by atoms with Crippen molar-refractivity contribution in [2.24, 2.45) is 0 Å². The maximum Gasteiger partial charge on any atom is 0.416 e. The molecule has 0 heterocycles. The summed E-state index contributed by atoms with van der Waals surface area (Å²) in [5, 5.41) is 21.2. The van der Waals surface area contributed by atoms with E-state index in [0.717, 1.165) is 18.2 Å². The molecular formula is C27H19ClF3N3O3. The predicted molar refractivity (Wildman–Crippen MR) is 132 cm³/mol. The van der Waals surface area contributed by atoms with Crippen LogP contribution in [0, 0.1) is 22.7 Å². The van der Waals surface area contributed by atoms with Crippen molar-refractivity contribution in [3.8, 4) is 23.6 Å². The molecule has 0 aliphatic rings. The SMILES string of the molecule is CCOc1cc(/C=C(/C#N)C(=O)Nc2cccc(C(F)(F)F)c2)cc(Cl)c1OCc1ccccc1C#N. The van der Waals surface area contributed by atoms with Crippen molar-refractivity contribution in [2.75, 3.05) is 11.9 Å². The highest BCUT2D eigenvalue weighted by atomic mass is 35.5. The molecule has 0 unspecified atom stereocenters. The smallest absolute Gasteiger partial charge is 0.416 e. The summed E-state index contributed by atoms with van der Waals surface area (Å²) in [6.45, 7) is 2.05. The molecule has 3 aromatic carbocycles. The van der Waals surface area contributed by atoms with E-state index in [-0.39, 0.29) is 41.0 Å². The lowest BCUT2D eigenvalue weighted by Crippen LogP contribution is -2.14. The number of carbonyl (C=O) groups is 1. The third kappa shape index (κ3) is 7.03. The van der Waals surface area contributed by atoms with Crippen LogP contribution < -0.4 is 14.8 Å². The zero-order chi connectivity index (χ0) is 27.0. The summed E-state index contributed by atoms with van der Waals surface area (Å²) in [5.74, 6) is -0.448. The minimum Gasteiger partial charge on any atom is -0.490 e. The number of nitrogens with one attached hydrogen (secondary N) is 1. The van der Waals surface area contributed by atoms with E-state index in [9.17, 15) is 28.5 Å². The van der Waals surface area contributed by atoms with Gasteiger partial charge >= 0.3 is 6.18 Å².